The lowest BCUT2D eigenvalue weighted by Gasteiger charge is -2.36. The van der Waals surface area contributed by atoms with Gasteiger partial charge >= 0.3 is 0 Å². The summed E-state index contributed by atoms with van der Waals surface area (Å²) in [5, 5.41) is 3.21. The number of ether oxygens (including phenoxy) is 1. The third-order valence-corrected chi connectivity index (χ3v) is 4.43. The predicted molar refractivity (Wildman–Crippen MR) is 75.0 cm³/mol. The minimum atomic E-state index is 0.436. The van der Waals surface area contributed by atoms with Crippen LogP contribution < -0.4 is 5.32 Å². The molecule has 2 heterocycles. The van der Waals surface area contributed by atoms with E-state index in [0.29, 0.717) is 12.2 Å². The molecule has 2 fully saturated rings. The van der Waals surface area contributed by atoms with E-state index in [2.05, 4.69) is 29.2 Å². The first-order chi connectivity index (χ1) is 8.69. The first-order valence-electron chi connectivity index (χ1n) is 7.38. The van der Waals surface area contributed by atoms with Gasteiger partial charge in [0.05, 0.1) is 12.2 Å². The number of hydrogen-bond donors (Lipinski definition) is 1. The van der Waals surface area contributed by atoms with Crippen LogP contribution in [-0.4, -0.2) is 75.4 Å². The van der Waals surface area contributed by atoms with Crippen molar-refractivity contribution in [1.29, 1.82) is 0 Å². The van der Waals surface area contributed by atoms with Crippen molar-refractivity contribution in [2.75, 3.05) is 47.3 Å². The van der Waals surface area contributed by atoms with Crippen molar-refractivity contribution < 1.29 is 4.74 Å². The largest absolute Gasteiger partial charge is 0.372 e. The van der Waals surface area contributed by atoms with Gasteiger partial charge in [0.1, 0.15) is 0 Å². The summed E-state index contributed by atoms with van der Waals surface area (Å²) in [6, 6.07) is 0.758. The van der Waals surface area contributed by atoms with Crippen molar-refractivity contribution in [2.45, 2.75) is 43.9 Å². The van der Waals surface area contributed by atoms with Gasteiger partial charge in [-0.2, -0.15) is 0 Å². The molecule has 2 aliphatic heterocycles. The Hall–Kier alpha value is -0.160. The summed E-state index contributed by atoms with van der Waals surface area (Å²) in [5.41, 5.74) is 0. The van der Waals surface area contributed by atoms with Gasteiger partial charge in [0.15, 0.2) is 0 Å². The first kappa shape index (κ1) is 14.3. The number of nitrogens with zero attached hydrogens (tertiary/aromatic N) is 2. The van der Waals surface area contributed by atoms with E-state index < -0.39 is 0 Å². The first-order valence-corrected chi connectivity index (χ1v) is 7.38. The van der Waals surface area contributed by atoms with Gasteiger partial charge in [-0.25, -0.2) is 0 Å². The Morgan fingerprint density at radius 3 is 2.50 bits per heavy atom. The van der Waals surface area contributed by atoms with Crippen molar-refractivity contribution >= 4 is 0 Å². The second kappa shape index (κ2) is 6.85. The summed E-state index contributed by atoms with van der Waals surface area (Å²) in [7, 11) is 6.49. The molecule has 1 N–H and O–H groups in total. The number of piperidine rings is 1. The van der Waals surface area contributed by atoms with E-state index in [1.807, 2.05) is 7.05 Å². The average molecular weight is 255 g/mol. The lowest BCUT2D eigenvalue weighted by atomic mass is 10.0. The summed E-state index contributed by atoms with van der Waals surface area (Å²) < 4.78 is 6.07. The molecule has 2 atom stereocenters. The van der Waals surface area contributed by atoms with Gasteiger partial charge in [-0.1, -0.05) is 0 Å². The minimum absolute atomic E-state index is 0.436. The number of hydrogen-bond acceptors (Lipinski definition) is 4. The van der Waals surface area contributed by atoms with E-state index in [-0.39, 0.29) is 0 Å². The van der Waals surface area contributed by atoms with Crippen LogP contribution >= 0.6 is 0 Å². The minimum Gasteiger partial charge on any atom is -0.372 e. The van der Waals surface area contributed by atoms with Crippen LogP contribution in [0.5, 0.6) is 0 Å². The molecule has 0 saturated carbocycles. The monoisotopic (exact) mass is 255 g/mol. The van der Waals surface area contributed by atoms with Gasteiger partial charge < -0.3 is 19.9 Å². The molecule has 0 amide bonds. The summed E-state index contributed by atoms with van der Waals surface area (Å²) in [6.07, 6.45) is 5.94. The van der Waals surface area contributed by atoms with Crippen LogP contribution in [0.3, 0.4) is 0 Å². The van der Waals surface area contributed by atoms with E-state index in [1.165, 1.54) is 38.8 Å². The highest BCUT2D eigenvalue weighted by atomic mass is 16.5. The molecule has 2 unspecified atom stereocenters. The summed E-state index contributed by atoms with van der Waals surface area (Å²) in [5.74, 6) is 0. The lowest BCUT2D eigenvalue weighted by molar-refractivity contribution is 0.0152. The fourth-order valence-corrected chi connectivity index (χ4v) is 3.20. The smallest absolute Gasteiger partial charge is 0.0707 e. The maximum Gasteiger partial charge on any atom is 0.0707 e. The molecule has 0 radical (unpaired) electrons. The topological polar surface area (TPSA) is 27.7 Å². The Labute approximate surface area is 112 Å². The SMILES string of the molecule is CNCC1CCC(CN(C)C2CCN(C)CC2)O1. The highest BCUT2D eigenvalue weighted by molar-refractivity contribution is 4.81. The maximum absolute atomic E-state index is 6.07. The number of nitrogens with one attached hydrogen (secondary N) is 1. The molecule has 4 heteroatoms. The molecular weight excluding hydrogens is 226 g/mol. The van der Waals surface area contributed by atoms with Crippen molar-refractivity contribution in [3.8, 4) is 0 Å². The molecule has 2 rings (SSSR count). The van der Waals surface area contributed by atoms with E-state index in [0.717, 1.165) is 19.1 Å². The lowest BCUT2D eigenvalue weighted by Crippen LogP contribution is -2.44. The van der Waals surface area contributed by atoms with Crippen molar-refractivity contribution in [3.63, 3.8) is 0 Å². The highest BCUT2D eigenvalue weighted by Gasteiger charge is 2.28. The van der Waals surface area contributed by atoms with Crippen LogP contribution in [0.2, 0.25) is 0 Å². The van der Waals surface area contributed by atoms with Gasteiger partial charge in [0.25, 0.3) is 0 Å². The van der Waals surface area contributed by atoms with Gasteiger partial charge in [0.2, 0.25) is 0 Å². The second-order valence-electron chi connectivity index (χ2n) is 5.99. The number of likely N-dealkylation sites (tertiary alicyclic amines) is 1. The molecule has 4 nitrogen and oxygen atoms in total. The Morgan fingerprint density at radius 1 is 1.17 bits per heavy atom. The highest BCUT2D eigenvalue weighted by Crippen LogP contribution is 2.22. The van der Waals surface area contributed by atoms with Crippen LogP contribution in [0.4, 0.5) is 0 Å². The van der Waals surface area contributed by atoms with Gasteiger partial charge in [-0.05, 0) is 59.9 Å². The van der Waals surface area contributed by atoms with Gasteiger partial charge in [0, 0.05) is 19.1 Å². The average Bonchev–Trinajstić information content (AvgIpc) is 2.78. The molecule has 0 spiro atoms. The number of rotatable bonds is 5. The standard InChI is InChI=1S/C14H29N3O/c1-15-10-13-4-5-14(18-13)11-17(3)12-6-8-16(2)9-7-12/h12-15H,4-11H2,1-3H3. The Kier molecular flexibility index (Phi) is 5.42. The molecule has 0 aromatic rings. The maximum atomic E-state index is 6.07. The van der Waals surface area contributed by atoms with Crippen LogP contribution in [0.15, 0.2) is 0 Å². The van der Waals surface area contributed by atoms with Gasteiger partial charge in [-0.15, -0.1) is 0 Å². The molecule has 0 bridgehead atoms. The van der Waals surface area contributed by atoms with E-state index in [4.69, 9.17) is 4.74 Å². The van der Waals surface area contributed by atoms with Crippen molar-refractivity contribution in [1.82, 2.24) is 15.1 Å². The molecule has 2 aliphatic rings. The fourth-order valence-electron chi connectivity index (χ4n) is 3.20. The molecular formula is C14H29N3O. The van der Waals surface area contributed by atoms with Crippen LogP contribution in [-0.2, 0) is 4.74 Å². The molecule has 106 valence electrons. The zero-order valence-corrected chi connectivity index (χ0v) is 12.2. The molecule has 2 saturated heterocycles. The summed E-state index contributed by atoms with van der Waals surface area (Å²) in [4.78, 5) is 4.96. The quantitative estimate of drug-likeness (QED) is 0.786. The molecule has 0 aromatic heterocycles. The Morgan fingerprint density at radius 2 is 1.83 bits per heavy atom. The zero-order chi connectivity index (χ0) is 13.0. The van der Waals surface area contributed by atoms with Crippen molar-refractivity contribution in [2.24, 2.45) is 0 Å². The molecule has 0 aliphatic carbocycles. The Balaban J connectivity index is 1.69. The second-order valence-corrected chi connectivity index (χ2v) is 5.99. The summed E-state index contributed by atoms with van der Waals surface area (Å²) in [6.45, 7) is 4.58. The van der Waals surface area contributed by atoms with Crippen LogP contribution in [0.1, 0.15) is 25.7 Å². The third kappa shape index (κ3) is 3.92. The zero-order valence-electron chi connectivity index (χ0n) is 12.2. The fraction of sp³-hybridized carbons (Fsp3) is 1.00. The van der Waals surface area contributed by atoms with Crippen molar-refractivity contribution in [3.05, 3.63) is 0 Å². The van der Waals surface area contributed by atoms with Crippen LogP contribution in [0, 0.1) is 0 Å². The summed E-state index contributed by atoms with van der Waals surface area (Å²) >= 11 is 0. The Bertz CT molecular complexity index is 241. The predicted octanol–water partition coefficient (Wildman–Crippen LogP) is 0.779. The van der Waals surface area contributed by atoms with E-state index >= 15 is 0 Å². The molecule has 0 aromatic carbocycles. The normalized spacial score (nSPS) is 31.3. The molecule has 18 heavy (non-hydrogen) atoms. The van der Waals surface area contributed by atoms with E-state index in [9.17, 15) is 0 Å². The number of likely N-dealkylation sites (N-methyl/N-ethyl adjacent to an activating group) is 2. The van der Waals surface area contributed by atoms with Gasteiger partial charge in [-0.3, -0.25) is 0 Å². The van der Waals surface area contributed by atoms with Crippen LogP contribution in [0.25, 0.3) is 0 Å². The third-order valence-electron chi connectivity index (χ3n) is 4.43. The van der Waals surface area contributed by atoms with E-state index in [1.54, 1.807) is 0 Å².